The van der Waals surface area contributed by atoms with Gasteiger partial charge in [0.25, 0.3) is 5.91 Å². The summed E-state index contributed by atoms with van der Waals surface area (Å²) in [6.45, 7) is 4.81. The van der Waals surface area contributed by atoms with Crippen LogP contribution in [-0.2, 0) is 11.3 Å². The number of hydrogen-bond acceptors (Lipinski definition) is 5. The van der Waals surface area contributed by atoms with Gasteiger partial charge in [0.2, 0.25) is 0 Å². The molecule has 0 radical (unpaired) electrons. The van der Waals surface area contributed by atoms with Crippen molar-refractivity contribution in [2.45, 2.75) is 6.54 Å². The number of carboxylic acid groups (broad SMARTS) is 1. The number of piperazine rings is 1. The van der Waals surface area contributed by atoms with E-state index in [9.17, 15) is 9.59 Å². The van der Waals surface area contributed by atoms with Crippen LogP contribution < -0.4 is 5.43 Å². The van der Waals surface area contributed by atoms with Crippen LogP contribution in [-0.4, -0.2) is 65.7 Å². The summed E-state index contributed by atoms with van der Waals surface area (Å²) in [5, 5.41) is 12.8. The standard InChI is InChI=1S/C21H24N4O3/c26-20(23-22-14-17-6-8-19(9-7-17)21(27)28)16-25-12-10-24(11-13-25)15-18-4-2-1-3-5-18/h1-9,14H,10-13,15-16H2,(H,23,26)(H,27,28). The zero-order chi connectivity index (χ0) is 19.8. The van der Waals surface area contributed by atoms with Gasteiger partial charge in [-0.1, -0.05) is 42.5 Å². The second kappa shape index (κ2) is 9.77. The molecule has 7 heteroatoms. The molecule has 2 aromatic rings. The van der Waals surface area contributed by atoms with Crippen LogP contribution in [0.15, 0.2) is 59.7 Å². The number of carbonyl (C=O) groups excluding carboxylic acids is 1. The summed E-state index contributed by atoms with van der Waals surface area (Å²) in [5.41, 5.74) is 4.77. The maximum Gasteiger partial charge on any atom is 0.335 e. The third kappa shape index (κ3) is 6.00. The molecule has 0 aliphatic carbocycles. The predicted molar refractivity (Wildman–Crippen MR) is 107 cm³/mol. The molecule has 1 aliphatic rings. The average molecular weight is 380 g/mol. The molecule has 0 unspecified atom stereocenters. The summed E-state index contributed by atoms with van der Waals surface area (Å²) >= 11 is 0. The molecule has 0 atom stereocenters. The molecule has 1 aliphatic heterocycles. The van der Waals surface area contributed by atoms with E-state index in [0.717, 1.165) is 38.3 Å². The predicted octanol–water partition coefficient (Wildman–Crippen LogP) is 1.65. The van der Waals surface area contributed by atoms with Crippen molar-refractivity contribution in [1.82, 2.24) is 15.2 Å². The van der Waals surface area contributed by atoms with Gasteiger partial charge < -0.3 is 5.11 Å². The van der Waals surface area contributed by atoms with E-state index < -0.39 is 5.97 Å². The quantitative estimate of drug-likeness (QED) is 0.564. The number of carboxylic acids is 1. The lowest BCUT2D eigenvalue weighted by atomic mass is 10.1. The SMILES string of the molecule is O=C(CN1CCN(Cc2ccccc2)CC1)NN=Cc1ccc(C(=O)O)cc1. The van der Waals surface area contributed by atoms with Crippen molar-refractivity contribution in [2.75, 3.05) is 32.7 Å². The largest absolute Gasteiger partial charge is 0.478 e. The maximum atomic E-state index is 12.1. The van der Waals surface area contributed by atoms with Crippen molar-refractivity contribution in [1.29, 1.82) is 0 Å². The van der Waals surface area contributed by atoms with Gasteiger partial charge in [0.05, 0.1) is 18.3 Å². The summed E-state index contributed by atoms with van der Waals surface area (Å²) in [6, 6.07) is 16.7. The van der Waals surface area contributed by atoms with E-state index in [0.29, 0.717) is 6.54 Å². The number of nitrogens with one attached hydrogen (secondary N) is 1. The average Bonchev–Trinajstić information content (AvgIpc) is 2.71. The Morgan fingerprint density at radius 3 is 2.25 bits per heavy atom. The molecule has 0 aromatic heterocycles. The molecule has 0 spiro atoms. The lowest BCUT2D eigenvalue weighted by Gasteiger charge is -2.34. The van der Waals surface area contributed by atoms with Gasteiger partial charge in [0, 0.05) is 32.7 Å². The van der Waals surface area contributed by atoms with Gasteiger partial charge in [-0.05, 0) is 23.3 Å². The van der Waals surface area contributed by atoms with Crippen molar-refractivity contribution in [3.8, 4) is 0 Å². The van der Waals surface area contributed by atoms with Crippen LogP contribution in [0.3, 0.4) is 0 Å². The first kappa shape index (κ1) is 19.7. The van der Waals surface area contributed by atoms with E-state index in [2.05, 4.69) is 44.6 Å². The topological polar surface area (TPSA) is 85.2 Å². The number of nitrogens with zero attached hydrogens (tertiary/aromatic N) is 3. The van der Waals surface area contributed by atoms with Gasteiger partial charge >= 0.3 is 5.97 Å². The molecule has 1 fully saturated rings. The lowest BCUT2D eigenvalue weighted by molar-refractivity contribution is -0.122. The number of hydrazone groups is 1. The Hall–Kier alpha value is -3.03. The molecule has 28 heavy (non-hydrogen) atoms. The summed E-state index contributed by atoms with van der Waals surface area (Å²) in [4.78, 5) is 27.4. The summed E-state index contributed by atoms with van der Waals surface area (Å²) < 4.78 is 0. The minimum atomic E-state index is -0.972. The Morgan fingerprint density at radius 2 is 1.61 bits per heavy atom. The monoisotopic (exact) mass is 380 g/mol. The van der Waals surface area contributed by atoms with Gasteiger partial charge in [-0.25, -0.2) is 10.2 Å². The maximum absolute atomic E-state index is 12.1. The van der Waals surface area contributed by atoms with Crippen molar-refractivity contribution in [3.05, 3.63) is 71.3 Å². The van der Waals surface area contributed by atoms with E-state index >= 15 is 0 Å². The zero-order valence-corrected chi connectivity index (χ0v) is 15.6. The molecule has 0 bridgehead atoms. The minimum absolute atomic E-state index is 0.157. The zero-order valence-electron chi connectivity index (χ0n) is 15.6. The molecular weight excluding hydrogens is 356 g/mol. The van der Waals surface area contributed by atoms with E-state index in [1.165, 1.54) is 23.9 Å². The second-order valence-electron chi connectivity index (χ2n) is 6.76. The minimum Gasteiger partial charge on any atom is -0.478 e. The Balaban J connectivity index is 1.38. The molecule has 0 saturated carbocycles. The first-order chi connectivity index (χ1) is 13.6. The fraction of sp³-hybridized carbons (Fsp3) is 0.286. The normalized spacial score (nSPS) is 15.6. The highest BCUT2D eigenvalue weighted by Gasteiger charge is 2.18. The van der Waals surface area contributed by atoms with Crippen LogP contribution in [0.25, 0.3) is 0 Å². The second-order valence-corrected chi connectivity index (χ2v) is 6.76. The summed E-state index contributed by atoms with van der Waals surface area (Å²) in [6.07, 6.45) is 1.50. The molecule has 2 aromatic carbocycles. The van der Waals surface area contributed by atoms with Gasteiger partial charge in [-0.15, -0.1) is 0 Å². The van der Waals surface area contributed by atoms with E-state index in [1.807, 2.05) is 6.07 Å². The molecule has 1 amide bonds. The van der Waals surface area contributed by atoms with Crippen LogP contribution in [0.4, 0.5) is 0 Å². The van der Waals surface area contributed by atoms with Crippen molar-refractivity contribution in [2.24, 2.45) is 5.10 Å². The highest BCUT2D eigenvalue weighted by Crippen LogP contribution is 2.08. The number of aromatic carboxylic acids is 1. The molecule has 1 saturated heterocycles. The fourth-order valence-electron chi connectivity index (χ4n) is 3.08. The molecule has 3 rings (SSSR count). The van der Waals surface area contributed by atoms with E-state index in [-0.39, 0.29) is 11.5 Å². The van der Waals surface area contributed by atoms with Gasteiger partial charge in [0.1, 0.15) is 0 Å². The third-order valence-electron chi connectivity index (χ3n) is 4.64. The first-order valence-electron chi connectivity index (χ1n) is 9.24. The van der Waals surface area contributed by atoms with Crippen LogP contribution in [0.1, 0.15) is 21.5 Å². The number of benzene rings is 2. The van der Waals surface area contributed by atoms with Crippen LogP contribution in [0, 0.1) is 0 Å². The van der Waals surface area contributed by atoms with Crippen molar-refractivity contribution >= 4 is 18.1 Å². The molecule has 1 heterocycles. The van der Waals surface area contributed by atoms with Crippen molar-refractivity contribution < 1.29 is 14.7 Å². The smallest absolute Gasteiger partial charge is 0.335 e. The first-order valence-corrected chi connectivity index (χ1v) is 9.24. The number of rotatable bonds is 7. The van der Waals surface area contributed by atoms with Crippen LogP contribution in [0.5, 0.6) is 0 Å². The van der Waals surface area contributed by atoms with Crippen molar-refractivity contribution in [3.63, 3.8) is 0 Å². The molecular formula is C21H24N4O3. The fourth-order valence-corrected chi connectivity index (χ4v) is 3.08. The summed E-state index contributed by atoms with van der Waals surface area (Å²) in [5.74, 6) is -1.13. The van der Waals surface area contributed by atoms with Gasteiger partial charge in [-0.3, -0.25) is 14.6 Å². The highest BCUT2D eigenvalue weighted by atomic mass is 16.4. The number of hydrogen-bond donors (Lipinski definition) is 2. The molecule has 146 valence electrons. The summed E-state index contributed by atoms with van der Waals surface area (Å²) in [7, 11) is 0. The number of amides is 1. The Labute approximate surface area is 164 Å². The van der Waals surface area contributed by atoms with Gasteiger partial charge in [0.15, 0.2) is 0 Å². The lowest BCUT2D eigenvalue weighted by Crippen LogP contribution is -2.48. The Bertz CT molecular complexity index is 813. The van der Waals surface area contributed by atoms with Crippen LogP contribution in [0.2, 0.25) is 0 Å². The van der Waals surface area contributed by atoms with Crippen LogP contribution >= 0.6 is 0 Å². The Morgan fingerprint density at radius 1 is 0.964 bits per heavy atom. The number of carbonyl (C=O) groups is 2. The Kier molecular flexibility index (Phi) is 6.89. The molecule has 7 nitrogen and oxygen atoms in total. The molecule has 2 N–H and O–H groups in total. The van der Waals surface area contributed by atoms with E-state index in [1.54, 1.807) is 12.1 Å². The highest BCUT2D eigenvalue weighted by molar-refractivity contribution is 5.89. The third-order valence-corrected chi connectivity index (χ3v) is 4.64. The van der Waals surface area contributed by atoms with Gasteiger partial charge in [-0.2, -0.15) is 5.10 Å². The van der Waals surface area contributed by atoms with E-state index in [4.69, 9.17) is 5.11 Å².